The lowest BCUT2D eigenvalue weighted by atomic mass is 10.1. The number of anilines is 1. The van der Waals surface area contributed by atoms with E-state index in [9.17, 15) is 4.79 Å². The monoisotopic (exact) mass is 253 g/mol. The second kappa shape index (κ2) is 6.95. The molecular weight excluding hydrogens is 234 g/mol. The second-order valence-corrected chi connectivity index (χ2v) is 4.06. The Balaban J connectivity index is 2.63. The number of hydrogen-bond donors (Lipinski definition) is 5. The van der Waals surface area contributed by atoms with E-state index in [0.29, 0.717) is 5.69 Å². The number of aliphatic hydroxyl groups excluding tert-OH is 2. The Bertz CT molecular complexity index is 377. The van der Waals surface area contributed by atoms with Gasteiger partial charge in [-0.1, -0.05) is 12.1 Å². The first-order valence-corrected chi connectivity index (χ1v) is 5.71. The average Bonchev–Trinajstić information content (AvgIpc) is 2.35. The normalized spacial score (nSPS) is 12.4. The summed E-state index contributed by atoms with van der Waals surface area (Å²) in [4.78, 5) is 10.7. The van der Waals surface area contributed by atoms with Gasteiger partial charge in [0.25, 0.3) is 0 Å². The number of carbonyl (C=O) groups excluding carboxylic acids is 1. The molecule has 1 atom stereocenters. The Morgan fingerprint density at radius 1 is 1.28 bits per heavy atom. The van der Waals surface area contributed by atoms with Crippen molar-refractivity contribution in [1.82, 2.24) is 5.32 Å². The summed E-state index contributed by atoms with van der Waals surface area (Å²) in [5, 5.41) is 23.5. The van der Waals surface area contributed by atoms with Crippen molar-refractivity contribution >= 4 is 11.7 Å². The zero-order chi connectivity index (χ0) is 13.5. The Morgan fingerprint density at radius 2 is 1.83 bits per heavy atom. The van der Waals surface area contributed by atoms with E-state index in [2.05, 4.69) is 10.6 Å². The van der Waals surface area contributed by atoms with Gasteiger partial charge in [0, 0.05) is 11.7 Å². The minimum Gasteiger partial charge on any atom is -0.395 e. The molecule has 0 aliphatic heterocycles. The fourth-order valence-corrected chi connectivity index (χ4v) is 1.61. The average molecular weight is 253 g/mol. The van der Waals surface area contributed by atoms with Crippen LogP contribution in [0.2, 0.25) is 0 Å². The van der Waals surface area contributed by atoms with Crippen molar-refractivity contribution in [3.63, 3.8) is 0 Å². The number of benzene rings is 1. The number of rotatable bonds is 6. The summed E-state index contributed by atoms with van der Waals surface area (Å²) < 4.78 is 0. The Labute approximate surface area is 106 Å². The van der Waals surface area contributed by atoms with Gasteiger partial charge in [0.15, 0.2) is 0 Å². The van der Waals surface area contributed by atoms with Crippen molar-refractivity contribution in [2.45, 2.75) is 19.0 Å². The first-order valence-electron chi connectivity index (χ1n) is 5.71. The molecule has 0 saturated carbocycles. The van der Waals surface area contributed by atoms with Crippen LogP contribution in [0.1, 0.15) is 18.5 Å². The second-order valence-electron chi connectivity index (χ2n) is 4.06. The van der Waals surface area contributed by atoms with E-state index in [1.807, 2.05) is 19.1 Å². The van der Waals surface area contributed by atoms with Gasteiger partial charge in [0.05, 0.1) is 19.3 Å². The van der Waals surface area contributed by atoms with Gasteiger partial charge < -0.3 is 26.6 Å². The molecule has 6 nitrogen and oxygen atoms in total. The highest BCUT2D eigenvalue weighted by Crippen LogP contribution is 2.16. The smallest absolute Gasteiger partial charge is 0.316 e. The molecule has 0 aliphatic carbocycles. The minimum absolute atomic E-state index is 0.0167. The SMILES string of the molecule is CC(NC(CO)CO)c1ccc(NC(N)=O)cc1. The topological polar surface area (TPSA) is 108 Å². The lowest BCUT2D eigenvalue weighted by molar-refractivity contribution is 0.163. The molecule has 0 aromatic heterocycles. The van der Waals surface area contributed by atoms with Gasteiger partial charge in [-0.15, -0.1) is 0 Å². The zero-order valence-electron chi connectivity index (χ0n) is 10.3. The van der Waals surface area contributed by atoms with Gasteiger partial charge in [0.1, 0.15) is 0 Å². The van der Waals surface area contributed by atoms with Gasteiger partial charge in [-0.05, 0) is 24.6 Å². The zero-order valence-corrected chi connectivity index (χ0v) is 10.3. The quantitative estimate of drug-likeness (QED) is 0.498. The molecule has 6 heteroatoms. The van der Waals surface area contributed by atoms with E-state index in [0.717, 1.165) is 5.56 Å². The number of nitrogens with one attached hydrogen (secondary N) is 2. The molecule has 0 radical (unpaired) electrons. The summed E-state index contributed by atoms with van der Waals surface area (Å²) in [6, 6.07) is 6.20. The van der Waals surface area contributed by atoms with E-state index in [4.69, 9.17) is 15.9 Å². The van der Waals surface area contributed by atoms with Gasteiger partial charge in [-0.2, -0.15) is 0 Å². The minimum atomic E-state index is -0.602. The predicted molar refractivity (Wildman–Crippen MR) is 69.2 cm³/mol. The van der Waals surface area contributed by atoms with Crippen LogP contribution >= 0.6 is 0 Å². The van der Waals surface area contributed by atoms with Crippen LogP contribution in [-0.2, 0) is 0 Å². The number of amides is 2. The van der Waals surface area contributed by atoms with Crippen LogP contribution in [0, 0.1) is 0 Å². The van der Waals surface area contributed by atoms with Crippen molar-refractivity contribution in [2.75, 3.05) is 18.5 Å². The summed E-state index contributed by atoms with van der Waals surface area (Å²) >= 11 is 0. The maximum absolute atomic E-state index is 10.7. The first-order chi connectivity index (χ1) is 8.56. The van der Waals surface area contributed by atoms with Crippen molar-refractivity contribution in [3.8, 4) is 0 Å². The molecule has 0 saturated heterocycles. The van der Waals surface area contributed by atoms with Crippen LogP contribution in [-0.4, -0.2) is 35.5 Å². The Morgan fingerprint density at radius 3 is 2.28 bits per heavy atom. The number of aliphatic hydroxyl groups is 2. The third-order valence-corrected chi connectivity index (χ3v) is 2.60. The van der Waals surface area contributed by atoms with E-state index in [-0.39, 0.29) is 25.3 Å². The predicted octanol–water partition coefficient (Wildman–Crippen LogP) is 0.181. The molecule has 0 heterocycles. The third-order valence-electron chi connectivity index (χ3n) is 2.60. The third kappa shape index (κ3) is 4.33. The highest BCUT2D eigenvalue weighted by molar-refractivity contribution is 5.87. The highest BCUT2D eigenvalue weighted by atomic mass is 16.3. The van der Waals surface area contributed by atoms with Gasteiger partial charge in [0.2, 0.25) is 0 Å². The Kier molecular flexibility index (Phi) is 5.57. The van der Waals surface area contributed by atoms with Gasteiger partial charge >= 0.3 is 6.03 Å². The number of hydrogen-bond acceptors (Lipinski definition) is 4. The van der Waals surface area contributed by atoms with E-state index in [1.165, 1.54) is 0 Å². The lowest BCUT2D eigenvalue weighted by Gasteiger charge is -2.20. The van der Waals surface area contributed by atoms with Crippen LogP contribution in [0.4, 0.5) is 10.5 Å². The van der Waals surface area contributed by atoms with Crippen molar-refractivity contribution in [1.29, 1.82) is 0 Å². The van der Waals surface area contributed by atoms with Crippen molar-refractivity contribution in [2.24, 2.45) is 5.73 Å². The summed E-state index contributed by atoms with van der Waals surface area (Å²) in [6.07, 6.45) is 0. The Hall–Kier alpha value is -1.63. The van der Waals surface area contributed by atoms with Crippen LogP contribution in [0.15, 0.2) is 24.3 Å². The molecule has 1 aromatic carbocycles. The van der Waals surface area contributed by atoms with Gasteiger partial charge in [-0.3, -0.25) is 0 Å². The van der Waals surface area contributed by atoms with Crippen LogP contribution in [0.25, 0.3) is 0 Å². The van der Waals surface area contributed by atoms with E-state index >= 15 is 0 Å². The summed E-state index contributed by atoms with van der Waals surface area (Å²) in [5.41, 5.74) is 6.61. The van der Waals surface area contributed by atoms with Crippen molar-refractivity contribution < 1.29 is 15.0 Å². The van der Waals surface area contributed by atoms with Crippen LogP contribution in [0.5, 0.6) is 0 Å². The van der Waals surface area contributed by atoms with Crippen LogP contribution < -0.4 is 16.4 Å². The molecular formula is C12H19N3O3. The van der Waals surface area contributed by atoms with E-state index in [1.54, 1.807) is 12.1 Å². The van der Waals surface area contributed by atoms with E-state index < -0.39 is 6.03 Å². The largest absolute Gasteiger partial charge is 0.395 e. The molecule has 0 spiro atoms. The summed E-state index contributed by atoms with van der Waals surface area (Å²) in [7, 11) is 0. The number of urea groups is 1. The van der Waals surface area contributed by atoms with Crippen molar-refractivity contribution in [3.05, 3.63) is 29.8 Å². The summed E-state index contributed by atoms with van der Waals surface area (Å²) in [5.74, 6) is 0. The number of primary amides is 1. The maximum atomic E-state index is 10.7. The molecule has 0 fully saturated rings. The first kappa shape index (κ1) is 14.4. The highest BCUT2D eigenvalue weighted by Gasteiger charge is 2.11. The molecule has 18 heavy (non-hydrogen) atoms. The summed E-state index contributed by atoms with van der Waals surface area (Å²) in [6.45, 7) is 1.68. The fraction of sp³-hybridized carbons (Fsp3) is 0.417. The maximum Gasteiger partial charge on any atom is 0.316 e. The molecule has 0 aliphatic rings. The number of carbonyl (C=O) groups is 1. The molecule has 1 rings (SSSR count). The fourth-order valence-electron chi connectivity index (χ4n) is 1.61. The lowest BCUT2D eigenvalue weighted by Crippen LogP contribution is -2.37. The molecule has 1 unspecified atom stereocenters. The van der Waals surface area contributed by atoms with Crippen LogP contribution in [0.3, 0.4) is 0 Å². The van der Waals surface area contributed by atoms with Gasteiger partial charge in [-0.25, -0.2) is 4.79 Å². The molecule has 1 aromatic rings. The molecule has 0 bridgehead atoms. The molecule has 2 amide bonds. The number of nitrogens with two attached hydrogens (primary N) is 1. The molecule has 100 valence electrons. The standard InChI is InChI=1S/C12H19N3O3/c1-8(14-11(6-16)7-17)9-2-4-10(5-3-9)15-12(13)18/h2-5,8,11,14,16-17H,6-7H2,1H3,(H3,13,15,18). The molecule has 6 N–H and O–H groups in total.